The highest BCUT2D eigenvalue weighted by Crippen LogP contribution is 2.35. The fraction of sp³-hybridized carbons (Fsp3) is 0.625. The van der Waals surface area contributed by atoms with E-state index in [0.29, 0.717) is 18.1 Å². The highest BCUT2D eigenvalue weighted by Gasteiger charge is 2.22. The summed E-state index contributed by atoms with van der Waals surface area (Å²) >= 11 is 0. The van der Waals surface area contributed by atoms with Crippen molar-refractivity contribution in [1.82, 2.24) is 0 Å². The quantitative estimate of drug-likeness (QED) is 0.829. The third kappa shape index (κ3) is 3.80. The van der Waals surface area contributed by atoms with Gasteiger partial charge in [-0.2, -0.15) is 0 Å². The second-order valence-corrected chi connectivity index (χ2v) is 6.14. The number of aliphatic hydroxyl groups excluding tert-OH is 1. The zero-order valence-corrected chi connectivity index (χ0v) is 12.5. The number of nitrogens with one attached hydrogen (secondary N) is 1. The van der Waals surface area contributed by atoms with Gasteiger partial charge in [-0.15, -0.1) is 0 Å². The van der Waals surface area contributed by atoms with Crippen LogP contribution in [0.15, 0.2) is 18.2 Å². The van der Waals surface area contributed by atoms with Gasteiger partial charge in [-0.1, -0.05) is 6.92 Å². The molecule has 2 aliphatic rings. The molecule has 1 aromatic carbocycles. The van der Waals surface area contributed by atoms with E-state index in [-0.39, 0.29) is 6.79 Å². The molecule has 5 nitrogen and oxygen atoms in total. The Morgan fingerprint density at radius 1 is 1.38 bits per heavy atom. The van der Waals surface area contributed by atoms with E-state index in [4.69, 9.17) is 14.2 Å². The van der Waals surface area contributed by atoms with E-state index in [1.165, 1.54) is 17.7 Å². The van der Waals surface area contributed by atoms with Gasteiger partial charge in [0.1, 0.15) is 25.0 Å². The lowest BCUT2D eigenvalue weighted by Crippen LogP contribution is -3.14. The molecule has 0 radical (unpaired) electrons. The first kappa shape index (κ1) is 14.5. The van der Waals surface area contributed by atoms with Crippen LogP contribution < -0.4 is 19.1 Å². The summed E-state index contributed by atoms with van der Waals surface area (Å²) in [6.07, 6.45) is 2.13. The fourth-order valence-electron chi connectivity index (χ4n) is 3.13. The molecule has 1 unspecified atom stereocenters. The van der Waals surface area contributed by atoms with Crippen molar-refractivity contribution < 1.29 is 24.2 Å². The number of fused-ring (bicyclic) bond motifs is 1. The van der Waals surface area contributed by atoms with E-state index in [0.717, 1.165) is 31.3 Å². The zero-order valence-electron chi connectivity index (χ0n) is 12.5. The van der Waals surface area contributed by atoms with Crippen molar-refractivity contribution in [2.45, 2.75) is 25.9 Å². The van der Waals surface area contributed by atoms with Gasteiger partial charge in [0.25, 0.3) is 0 Å². The van der Waals surface area contributed by atoms with Gasteiger partial charge in [-0.25, -0.2) is 0 Å². The van der Waals surface area contributed by atoms with E-state index in [1.807, 2.05) is 18.2 Å². The van der Waals surface area contributed by atoms with Gasteiger partial charge >= 0.3 is 0 Å². The first-order valence-electron chi connectivity index (χ1n) is 7.75. The SMILES string of the molecule is C[C@H]1CCC[NH+](C[C@H](O)COc2ccc3c(c2)OCO3)C1. The third-order valence-electron chi connectivity index (χ3n) is 4.18. The summed E-state index contributed by atoms with van der Waals surface area (Å²) in [6, 6.07) is 5.49. The van der Waals surface area contributed by atoms with Crippen LogP contribution in [0, 0.1) is 5.92 Å². The minimum absolute atomic E-state index is 0.262. The summed E-state index contributed by atoms with van der Waals surface area (Å²) in [5, 5.41) is 10.1. The fourth-order valence-corrected chi connectivity index (χ4v) is 3.13. The van der Waals surface area contributed by atoms with E-state index < -0.39 is 6.10 Å². The molecule has 0 aliphatic carbocycles. The maximum Gasteiger partial charge on any atom is 0.231 e. The summed E-state index contributed by atoms with van der Waals surface area (Å²) < 4.78 is 16.2. The molecule has 0 aromatic heterocycles. The first-order chi connectivity index (χ1) is 10.2. The van der Waals surface area contributed by atoms with Gasteiger partial charge in [0.15, 0.2) is 11.5 Å². The van der Waals surface area contributed by atoms with E-state index in [1.54, 1.807) is 0 Å². The molecule has 1 fully saturated rings. The number of piperidine rings is 1. The number of aliphatic hydroxyl groups is 1. The number of ether oxygens (including phenoxy) is 3. The van der Waals surface area contributed by atoms with Crippen molar-refractivity contribution in [3.63, 3.8) is 0 Å². The predicted octanol–water partition coefficient (Wildman–Crippen LogP) is 0.470. The topological polar surface area (TPSA) is 52.4 Å². The van der Waals surface area contributed by atoms with Gasteiger partial charge in [-0.3, -0.25) is 0 Å². The summed E-state index contributed by atoms with van der Waals surface area (Å²) in [4.78, 5) is 1.48. The molecule has 2 aliphatic heterocycles. The number of hydrogen-bond donors (Lipinski definition) is 2. The molecule has 3 atom stereocenters. The number of likely N-dealkylation sites (tertiary alicyclic amines) is 1. The van der Waals surface area contributed by atoms with E-state index >= 15 is 0 Å². The molecule has 3 rings (SSSR count). The van der Waals surface area contributed by atoms with Crippen molar-refractivity contribution in [1.29, 1.82) is 0 Å². The lowest BCUT2D eigenvalue weighted by atomic mass is 10.0. The Hall–Kier alpha value is -1.46. The van der Waals surface area contributed by atoms with Crippen molar-refractivity contribution >= 4 is 0 Å². The lowest BCUT2D eigenvalue weighted by molar-refractivity contribution is -0.911. The molecule has 1 saturated heterocycles. The second-order valence-electron chi connectivity index (χ2n) is 6.14. The molecule has 0 bridgehead atoms. The maximum atomic E-state index is 10.1. The highest BCUT2D eigenvalue weighted by atomic mass is 16.7. The van der Waals surface area contributed by atoms with Crippen LogP contribution in [0.1, 0.15) is 19.8 Å². The van der Waals surface area contributed by atoms with E-state index in [9.17, 15) is 5.11 Å². The summed E-state index contributed by atoms with van der Waals surface area (Å²) in [7, 11) is 0. The van der Waals surface area contributed by atoms with Crippen LogP contribution >= 0.6 is 0 Å². The minimum Gasteiger partial charge on any atom is -0.491 e. The first-order valence-corrected chi connectivity index (χ1v) is 7.75. The Balaban J connectivity index is 1.46. The van der Waals surface area contributed by atoms with Crippen LogP contribution in [0.5, 0.6) is 17.2 Å². The molecule has 5 heteroatoms. The van der Waals surface area contributed by atoms with Crippen LogP contribution in [-0.2, 0) is 0 Å². The maximum absolute atomic E-state index is 10.1. The molecule has 1 aromatic rings. The van der Waals surface area contributed by atoms with Gasteiger partial charge in [0.2, 0.25) is 6.79 Å². The van der Waals surface area contributed by atoms with Crippen LogP contribution in [0.25, 0.3) is 0 Å². The average molecular weight is 294 g/mol. The number of hydrogen-bond acceptors (Lipinski definition) is 4. The molecule has 116 valence electrons. The Kier molecular flexibility index (Phi) is 4.51. The van der Waals surface area contributed by atoms with Gasteiger partial charge in [-0.05, 0) is 25.0 Å². The Bertz CT molecular complexity index is 479. The summed E-state index contributed by atoms with van der Waals surface area (Å²) in [5.74, 6) is 2.92. The molecule has 2 N–H and O–H groups in total. The molecule has 2 heterocycles. The monoisotopic (exact) mass is 294 g/mol. The van der Waals surface area contributed by atoms with Gasteiger partial charge in [0, 0.05) is 12.0 Å². The standard InChI is InChI=1S/C16H23NO4/c1-12-3-2-6-17(8-12)9-13(18)10-19-14-4-5-15-16(7-14)21-11-20-15/h4-5,7,12-13,18H,2-3,6,8-11H2,1H3/p+1/t12-,13-/m0/s1. The number of benzene rings is 1. The minimum atomic E-state index is -0.435. The molecular weight excluding hydrogens is 270 g/mol. The van der Waals surface area contributed by atoms with Crippen LogP contribution in [0.4, 0.5) is 0 Å². The summed E-state index contributed by atoms with van der Waals surface area (Å²) in [5.41, 5.74) is 0. The van der Waals surface area contributed by atoms with Gasteiger partial charge in [0.05, 0.1) is 13.1 Å². The van der Waals surface area contributed by atoms with Crippen LogP contribution in [0.3, 0.4) is 0 Å². The predicted molar refractivity (Wildman–Crippen MR) is 78.0 cm³/mol. The third-order valence-corrected chi connectivity index (χ3v) is 4.18. The molecule has 21 heavy (non-hydrogen) atoms. The normalized spacial score (nSPS) is 25.6. The van der Waals surface area contributed by atoms with Crippen molar-refractivity contribution in [2.75, 3.05) is 33.0 Å². The molecular formula is C16H24NO4+. The summed E-state index contributed by atoms with van der Waals surface area (Å²) in [6.45, 7) is 5.94. The van der Waals surface area contributed by atoms with E-state index in [2.05, 4.69) is 6.92 Å². The molecule has 0 saturated carbocycles. The average Bonchev–Trinajstić information content (AvgIpc) is 2.92. The van der Waals surface area contributed by atoms with Crippen LogP contribution in [0.2, 0.25) is 0 Å². The Morgan fingerprint density at radius 2 is 2.24 bits per heavy atom. The molecule has 0 amide bonds. The number of rotatable bonds is 5. The number of quaternary nitrogens is 1. The Labute approximate surface area is 125 Å². The van der Waals surface area contributed by atoms with Crippen molar-refractivity contribution in [3.8, 4) is 17.2 Å². The van der Waals surface area contributed by atoms with Crippen molar-refractivity contribution in [2.24, 2.45) is 5.92 Å². The highest BCUT2D eigenvalue weighted by molar-refractivity contribution is 5.46. The second kappa shape index (κ2) is 6.54. The zero-order chi connectivity index (χ0) is 14.7. The lowest BCUT2D eigenvalue weighted by Gasteiger charge is -2.29. The Morgan fingerprint density at radius 3 is 3.10 bits per heavy atom. The van der Waals surface area contributed by atoms with Gasteiger partial charge < -0.3 is 24.2 Å². The largest absolute Gasteiger partial charge is 0.491 e. The van der Waals surface area contributed by atoms with Crippen molar-refractivity contribution in [3.05, 3.63) is 18.2 Å². The van der Waals surface area contributed by atoms with Crippen LogP contribution in [-0.4, -0.2) is 44.2 Å². The smallest absolute Gasteiger partial charge is 0.231 e. The molecule has 0 spiro atoms.